The molecule has 3 N–H and O–H groups in total. The first-order valence-electron chi connectivity index (χ1n) is 6.14. The summed E-state index contributed by atoms with van der Waals surface area (Å²) in [6.07, 6.45) is 0.0727. The normalized spacial score (nSPS) is 13.7. The van der Waals surface area contributed by atoms with Crippen molar-refractivity contribution in [1.82, 2.24) is 0 Å². The molecule has 102 valence electrons. The van der Waals surface area contributed by atoms with Crippen LogP contribution in [0.2, 0.25) is 5.02 Å². The standard InChI is InChI=1S/C14H21ClO3/c1-3-13(18)14(8-16,9-17)7-11-5-4-10(2)6-12(11)15/h4-6,13,16-18H,3,7-9H2,1-2H3. The SMILES string of the molecule is CCC(O)C(CO)(CO)Cc1ccc(C)cc1Cl. The molecule has 1 rings (SSSR count). The summed E-state index contributed by atoms with van der Waals surface area (Å²) in [6, 6.07) is 5.65. The zero-order valence-corrected chi connectivity index (χ0v) is 11.6. The highest BCUT2D eigenvalue weighted by atomic mass is 35.5. The number of benzene rings is 1. The van der Waals surface area contributed by atoms with Gasteiger partial charge in [-0.25, -0.2) is 0 Å². The average molecular weight is 273 g/mol. The van der Waals surface area contributed by atoms with Crippen LogP contribution in [0.1, 0.15) is 24.5 Å². The van der Waals surface area contributed by atoms with Crippen LogP contribution in [0.4, 0.5) is 0 Å². The van der Waals surface area contributed by atoms with Gasteiger partial charge in [0.2, 0.25) is 0 Å². The highest BCUT2D eigenvalue weighted by Gasteiger charge is 2.36. The molecule has 0 fully saturated rings. The van der Waals surface area contributed by atoms with Gasteiger partial charge in [0.15, 0.2) is 0 Å². The van der Waals surface area contributed by atoms with Crippen LogP contribution >= 0.6 is 11.6 Å². The fraction of sp³-hybridized carbons (Fsp3) is 0.571. The first-order chi connectivity index (χ1) is 8.49. The number of rotatable bonds is 6. The van der Waals surface area contributed by atoms with Gasteiger partial charge in [-0.2, -0.15) is 0 Å². The van der Waals surface area contributed by atoms with Gasteiger partial charge in [0.05, 0.1) is 19.3 Å². The molecule has 0 spiro atoms. The molecule has 1 unspecified atom stereocenters. The van der Waals surface area contributed by atoms with Crippen molar-refractivity contribution in [2.24, 2.45) is 5.41 Å². The van der Waals surface area contributed by atoms with Gasteiger partial charge in [0.1, 0.15) is 0 Å². The van der Waals surface area contributed by atoms with Crippen molar-refractivity contribution in [3.05, 3.63) is 34.3 Å². The molecule has 0 saturated carbocycles. The third kappa shape index (κ3) is 3.23. The Bertz CT molecular complexity index is 389. The number of hydrogen-bond acceptors (Lipinski definition) is 3. The van der Waals surface area contributed by atoms with Crippen molar-refractivity contribution in [3.63, 3.8) is 0 Å². The lowest BCUT2D eigenvalue weighted by molar-refractivity contribution is -0.0541. The highest BCUT2D eigenvalue weighted by molar-refractivity contribution is 6.31. The quantitative estimate of drug-likeness (QED) is 0.742. The van der Waals surface area contributed by atoms with Crippen LogP contribution in [-0.2, 0) is 6.42 Å². The number of aliphatic hydroxyl groups is 3. The molecule has 0 heterocycles. The van der Waals surface area contributed by atoms with Gasteiger partial charge in [-0.1, -0.05) is 30.7 Å². The van der Waals surface area contributed by atoms with Gasteiger partial charge in [-0.15, -0.1) is 0 Å². The van der Waals surface area contributed by atoms with Crippen LogP contribution in [-0.4, -0.2) is 34.6 Å². The van der Waals surface area contributed by atoms with E-state index in [0.29, 0.717) is 17.9 Å². The Morgan fingerprint density at radius 3 is 2.33 bits per heavy atom. The molecular formula is C14H21ClO3. The monoisotopic (exact) mass is 272 g/mol. The zero-order chi connectivity index (χ0) is 13.8. The molecule has 0 saturated heterocycles. The summed E-state index contributed by atoms with van der Waals surface area (Å²) < 4.78 is 0. The molecule has 0 aliphatic carbocycles. The molecule has 0 aliphatic heterocycles. The van der Waals surface area contributed by atoms with Crippen molar-refractivity contribution >= 4 is 11.6 Å². The first kappa shape index (κ1) is 15.4. The van der Waals surface area contributed by atoms with Crippen LogP contribution in [0, 0.1) is 12.3 Å². The van der Waals surface area contributed by atoms with Gasteiger partial charge in [0.25, 0.3) is 0 Å². The van der Waals surface area contributed by atoms with E-state index in [9.17, 15) is 15.3 Å². The Balaban J connectivity index is 3.03. The number of aliphatic hydroxyl groups excluding tert-OH is 3. The summed E-state index contributed by atoms with van der Waals surface area (Å²) in [7, 11) is 0. The van der Waals surface area contributed by atoms with Crippen molar-refractivity contribution in [2.45, 2.75) is 32.8 Å². The van der Waals surface area contributed by atoms with Crippen molar-refractivity contribution in [3.8, 4) is 0 Å². The van der Waals surface area contributed by atoms with E-state index in [1.165, 1.54) is 0 Å². The minimum Gasteiger partial charge on any atom is -0.396 e. The van der Waals surface area contributed by atoms with E-state index < -0.39 is 11.5 Å². The van der Waals surface area contributed by atoms with E-state index in [-0.39, 0.29) is 13.2 Å². The second kappa shape index (κ2) is 6.53. The molecule has 3 nitrogen and oxygen atoms in total. The molecule has 1 aromatic carbocycles. The van der Waals surface area contributed by atoms with E-state index >= 15 is 0 Å². The molecule has 1 aromatic rings. The summed E-state index contributed by atoms with van der Waals surface area (Å²) >= 11 is 6.15. The highest BCUT2D eigenvalue weighted by Crippen LogP contribution is 2.31. The van der Waals surface area contributed by atoms with Crippen LogP contribution in [0.5, 0.6) is 0 Å². The minimum atomic E-state index is -0.937. The third-order valence-corrected chi connectivity index (χ3v) is 3.83. The van der Waals surface area contributed by atoms with Gasteiger partial charge in [-0.05, 0) is 37.0 Å². The second-order valence-corrected chi connectivity index (χ2v) is 5.28. The fourth-order valence-corrected chi connectivity index (χ4v) is 2.40. The first-order valence-corrected chi connectivity index (χ1v) is 6.51. The third-order valence-electron chi connectivity index (χ3n) is 3.47. The predicted molar refractivity (Wildman–Crippen MR) is 72.8 cm³/mol. The largest absolute Gasteiger partial charge is 0.396 e. The Morgan fingerprint density at radius 1 is 1.28 bits per heavy atom. The Labute approximate surface area is 113 Å². The molecule has 0 amide bonds. The summed E-state index contributed by atoms with van der Waals surface area (Å²) in [5, 5.41) is 29.7. The van der Waals surface area contributed by atoms with E-state index in [4.69, 9.17) is 11.6 Å². The smallest absolute Gasteiger partial charge is 0.0641 e. The number of hydrogen-bond donors (Lipinski definition) is 3. The minimum absolute atomic E-state index is 0.275. The molecule has 1 atom stereocenters. The van der Waals surface area contributed by atoms with Gasteiger partial charge in [-0.3, -0.25) is 0 Å². The van der Waals surface area contributed by atoms with E-state index in [2.05, 4.69) is 0 Å². The molecular weight excluding hydrogens is 252 g/mol. The van der Waals surface area contributed by atoms with Gasteiger partial charge >= 0.3 is 0 Å². The van der Waals surface area contributed by atoms with Crippen LogP contribution in [0.25, 0.3) is 0 Å². The van der Waals surface area contributed by atoms with Crippen molar-refractivity contribution < 1.29 is 15.3 Å². The van der Waals surface area contributed by atoms with E-state index in [0.717, 1.165) is 11.1 Å². The Hall–Kier alpha value is -0.610. The Kier molecular flexibility index (Phi) is 5.60. The number of aryl methyl sites for hydroxylation is 1. The molecule has 0 aromatic heterocycles. The molecule has 0 bridgehead atoms. The topological polar surface area (TPSA) is 60.7 Å². The lowest BCUT2D eigenvalue weighted by atomic mass is 9.77. The average Bonchev–Trinajstić information content (AvgIpc) is 2.37. The predicted octanol–water partition coefficient (Wildman–Crippen LogP) is 1.93. The maximum absolute atomic E-state index is 10.0. The van der Waals surface area contributed by atoms with Crippen LogP contribution < -0.4 is 0 Å². The fourth-order valence-electron chi connectivity index (χ4n) is 2.10. The summed E-state index contributed by atoms with van der Waals surface area (Å²) in [6.45, 7) is 3.22. The molecule has 18 heavy (non-hydrogen) atoms. The zero-order valence-electron chi connectivity index (χ0n) is 10.9. The van der Waals surface area contributed by atoms with Gasteiger partial charge in [0, 0.05) is 10.4 Å². The van der Waals surface area contributed by atoms with E-state index in [1.54, 1.807) is 0 Å². The molecule has 4 heteroatoms. The summed E-state index contributed by atoms with van der Waals surface area (Å²) in [5.41, 5.74) is 0.949. The van der Waals surface area contributed by atoms with E-state index in [1.807, 2.05) is 32.0 Å². The van der Waals surface area contributed by atoms with Crippen LogP contribution in [0.3, 0.4) is 0 Å². The lowest BCUT2D eigenvalue weighted by Gasteiger charge is -2.34. The molecule has 0 radical (unpaired) electrons. The summed E-state index contributed by atoms with van der Waals surface area (Å²) in [5.74, 6) is 0. The van der Waals surface area contributed by atoms with Gasteiger partial charge < -0.3 is 15.3 Å². The second-order valence-electron chi connectivity index (χ2n) is 4.87. The summed E-state index contributed by atoms with van der Waals surface area (Å²) in [4.78, 5) is 0. The van der Waals surface area contributed by atoms with Crippen molar-refractivity contribution in [1.29, 1.82) is 0 Å². The molecule has 0 aliphatic rings. The Morgan fingerprint density at radius 2 is 1.89 bits per heavy atom. The maximum atomic E-state index is 10.0. The lowest BCUT2D eigenvalue weighted by Crippen LogP contribution is -2.43. The van der Waals surface area contributed by atoms with Crippen LogP contribution in [0.15, 0.2) is 18.2 Å². The number of halogens is 1. The van der Waals surface area contributed by atoms with Crippen molar-refractivity contribution in [2.75, 3.05) is 13.2 Å². The maximum Gasteiger partial charge on any atom is 0.0641 e.